The molecule has 1 aromatic heterocycles. The first kappa shape index (κ1) is 13.3. The fraction of sp³-hybridized carbons (Fsp3) is 0. The van der Waals surface area contributed by atoms with Crippen LogP contribution in [0.4, 0.5) is 0 Å². The lowest BCUT2D eigenvalue weighted by molar-refractivity contribution is 0.473. The summed E-state index contributed by atoms with van der Waals surface area (Å²) in [7, 11) is 0. The molecule has 0 bridgehead atoms. The minimum atomic E-state index is -0.433. The zero-order valence-electron chi connectivity index (χ0n) is 10.2. The van der Waals surface area contributed by atoms with Gasteiger partial charge in [-0.05, 0) is 40.2 Å². The minimum Gasteiger partial charge on any atom is -0.508 e. The van der Waals surface area contributed by atoms with Gasteiger partial charge in [-0.15, -0.1) is 0 Å². The van der Waals surface area contributed by atoms with Crippen LogP contribution in [0.5, 0.6) is 5.75 Å². The quantitative estimate of drug-likeness (QED) is 0.696. The first-order valence-electron chi connectivity index (χ1n) is 5.83. The number of benzene rings is 2. The Morgan fingerprint density at radius 3 is 2.65 bits per heavy atom. The molecule has 0 spiro atoms. The number of phenolic OH excluding ortho intramolecular Hbond substituents is 1. The second-order valence-corrected chi connectivity index (χ2v) is 6.08. The summed E-state index contributed by atoms with van der Waals surface area (Å²) in [4.78, 5) is 13.4. The molecular weight excluding hydrogens is 340 g/mol. The van der Waals surface area contributed by atoms with Crippen molar-refractivity contribution in [2.24, 2.45) is 0 Å². The average Bonchev–Trinajstić information content (AvgIpc) is 2.40. The Balaban J connectivity index is 2.16. The van der Waals surface area contributed by atoms with Crippen LogP contribution in [-0.4, -0.2) is 5.11 Å². The SMILES string of the molecule is O=c1cc(Sc2ccccc2Br)c2ccc(O)cc2o1. The Kier molecular flexibility index (Phi) is 3.54. The van der Waals surface area contributed by atoms with Gasteiger partial charge >= 0.3 is 5.63 Å². The van der Waals surface area contributed by atoms with Gasteiger partial charge in [0.1, 0.15) is 11.3 Å². The molecule has 3 nitrogen and oxygen atoms in total. The van der Waals surface area contributed by atoms with E-state index in [1.165, 1.54) is 23.9 Å². The lowest BCUT2D eigenvalue weighted by Crippen LogP contribution is -1.97. The zero-order valence-corrected chi connectivity index (χ0v) is 12.6. The highest BCUT2D eigenvalue weighted by Crippen LogP contribution is 2.36. The van der Waals surface area contributed by atoms with E-state index >= 15 is 0 Å². The molecule has 0 atom stereocenters. The van der Waals surface area contributed by atoms with Crippen molar-refractivity contribution in [1.29, 1.82) is 0 Å². The fourth-order valence-corrected chi connectivity index (χ4v) is 3.36. The van der Waals surface area contributed by atoms with Crippen LogP contribution in [-0.2, 0) is 0 Å². The predicted molar refractivity (Wildman–Crippen MR) is 82.4 cm³/mol. The van der Waals surface area contributed by atoms with E-state index in [4.69, 9.17) is 4.42 Å². The van der Waals surface area contributed by atoms with Crippen molar-refractivity contribution in [1.82, 2.24) is 0 Å². The van der Waals surface area contributed by atoms with E-state index in [1.807, 2.05) is 24.3 Å². The van der Waals surface area contributed by atoms with Crippen molar-refractivity contribution in [3.63, 3.8) is 0 Å². The molecule has 0 saturated carbocycles. The van der Waals surface area contributed by atoms with E-state index < -0.39 is 5.63 Å². The number of aromatic hydroxyl groups is 1. The summed E-state index contributed by atoms with van der Waals surface area (Å²) in [6.45, 7) is 0. The van der Waals surface area contributed by atoms with E-state index in [0.717, 1.165) is 19.6 Å². The standard InChI is InChI=1S/C15H9BrO3S/c16-11-3-1-2-4-13(11)20-14-8-15(18)19-12-7-9(17)5-6-10(12)14/h1-8,17H. The Bertz CT molecular complexity index is 842. The highest BCUT2D eigenvalue weighted by molar-refractivity contribution is 9.10. The average molecular weight is 349 g/mol. The maximum absolute atomic E-state index is 11.6. The largest absolute Gasteiger partial charge is 0.508 e. The van der Waals surface area contributed by atoms with Crippen molar-refractivity contribution in [2.75, 3.05) is 0 Å². The molecule has 0 unspecified atom stereocenters. The Morgan fingerprint density at radius 1 is 1.05 bits per heavy atom. The summed E-state index contributed by atoms with van der Waals surface area (Å²) >= 11 is 4.96. The first-order valence-corrected chi connectivity index (χ1v) is 7.44. The number of hydrogen-bond acceptors (Lipinski definition) is 4. The molecule has 1 N–H and O–H groups in total. The van der Waals surface area contributed by atoms with Gasteiger partial charge < -0.3 is 9.52 Å². The third-order valence-electron chi connectivity index (χ3n) is 2.75. The molecule has 0 saturated heterocycles. The van der Waals surface area contributed by atoms with E-state index in [9.17, 15) is 9.90 Å². The second-order valence-electron chi connectivity index (χ2n) is 4.14. The number of rotatable bonds is 2. The van der Waals surface area contributed by atoms with Crippen LogP contribution >= 0.6 is 27.7 Å². The van der Waals surface area contributed by atoms with Crippen LogP contribution < -0.4 is 5.63 Å². The highest BCUT2D eigenvalue weighted by atomic mass is 79.9. The number of halogens is 1. The van der Waals surface area contributed by atoms with E-state index in [-0.39, 0.29) is 5.75 Å². The maximum atomic E-state index is 11.6. The number of fused-ring (bicyclic) bond motifs is 1. The lowest BCUT2D eigenvalue weighted by Gasteiger charge is -2.06. The molecule has 1 heterocycles. The van der Waals surface area contributed by atoms with Crippen LogP contribution in [0.25, 0.3) is 11.0 Å². The Labute approximate surface area is 127 Å². The molecule has 0 aliphatic carbocycles. The molecule has 3 rings (SSSR count). The number of phenols is 1. The highest BCUT2D eigenvalue weighted by Gasteiger charge is 2.09. The van der Waals surface area contributed by atoms with Crippen LogP contribution in [0.15, 0.2) is 72.0 Å². The monoisotopic (exact) mass is 348 g/mol. The van der Waals surface area contributed by atoms with Gasteiger partial charge in [0.25, 0.3) is 0 Å². The molecular formula is C15H9BrO3S. The van der Waals surface area contributed by atoms with Crippen molar-refractivity contribution in [2.45, 2.75) is 9.79 Å². The van der Waals surface area contributed by atoms with Crippen LogP contribution in [0.2, 0.25) is 0 Å². The van der Waals surface area contributed by atoms with Crippen LogP contribution in [0.1, 0.15) is 0 Å². The van der Waals surface area contributed by atoms with Crippen LogP contribution in [0.3, 0.4) is 0 Å². The summed E-state index contributed by atoms with van der Waals surface area (Å²) in [5.41, 5.74) is -0.0512. The van der Waals surface area contributed by atoms with Crippen molar-refractivity contribution >= 4 is 38.7 Å². The maximum Gasteiger partial charge on any atom is 0.337 e. The first-order chi connectivity index (χ1) is 9.63. The molecule has 2 aromatic carbocycles. The molecule has 5 heteroatoms. The minimum absolute atomic E-state index is 0.0729. The van der Waals surface area contributed by atoms with Gasteiger partial charge in [0.05, 0.1) is 0 Å². The number of hydrogen-bond donors (Lipinski definition) is 1. The molecule has 100 valence electrons. The summed E-state index contributed by atoms with van der Waals surface area (Å²) < 4.78 is 6.07. The summed E-state index contributed by atoms with van der Waals surface area (Å²) in [5, 5.41) is 10.3. The van der Waals surface area contributed by atoms with Gasteiger partial charge in [0, 0.05) is 31.8 Å². The van der Waals surface area contributed by atoms with E-state index in [1.54, 1.807) is 12.1 Å². The fourth-order valence-electron chi connectivity index (χ4n) is 1.85. The zero-order chi connectivity index (χ0) is 14.1. The van der Waals surface area contributed by atoms with E-state index in [2.05, 4.69) is 15.9 Å². The molecule has 0 amide bonds. The predicted octanol–water partition coefficient (Wildman–Crippen LogP) is 4.41. The van der Waals surface area contributed by atoms with Gasteiger partial charge in [-0.25, -0.2) is 4.79 Å². The molecule has 0 radical (unpaired) electrons. The van der Waals surface area contributed by atoms with Crippen LogP contribution in [0, 0.1) is 0 Å². The third-order valence-corrected chi connectivity index (χ3v) is 4.83. The van der Waals surface area contributed by atoms with Gasteiger partial charge in [-0.3, -0.25) is 0 Å². The molecule has 3 aromatic rings. The van der Waals surface area contributed by atoms with Crippen molar-refractivity contribution < 1.29 is 9.52 Å². The Morgan fingerprint density at radius 2 is 1.85 bits per heavy atom. The van der Waals surface area contributed by atoms with Gasteiger partial charge in [0.15, 0.2) is 0 Å². The molecule has 0 aliphatic heterocycles. The van der Waals surface area contributed by atoms with Crippen molar-refractivity contribution in [3.8, 4) is 5.75 Å². The normalized spacial score (nSPS) is 10.8. The van der Waals surface area contributed by atoms with E-state index in [0.29, 0.717) is 5.58 Å². The summed E-state index contributed by atoms with van der Waals surface area (Å²) in [6, 6.07) is 14.0. The van der Waals surface area contributed by atoms with Gasteiger partial charge in [-0.1, -0.05) is 23.9 Å². The smallest absolute Gasteiger partial charge is 0.337 e. The molecule has 0 aliphatic rings. The summed E-state index contributed by atoms with van der Waals surface area (Å²) in [6.07, 6.45) is 0. The molecule has 20 heavy (non-hydrogen) atoms. The topological polar surface area (TPSA) is 50.4 Å². The van der Waals surface area contributed by atoms with Gasteiger partial charge in [-0.2, -0.15) is 0 Å². The Hall–Kier alpha value is -1.72. The molecule has 0 fully saturated rings. The summed E-state index contributed by atoms with van der Waals surface area (Å²) in [5.74, 6) is 0.0729. The third kappa shape index (κ3) is 2.59. The second kappa shape index (κ2) is 5.34. The van der Waals surface area contributed by atoms with Crippen molar-refractivity contribution in [3.05, 3.63) is 63.4 Å². The lowest BCUT2D eigenvalue weighted by atomic mass is 10.2. The van der Waals surface area contributed by atoms with Gasteiger partial charge in [0.2, 0.25) is 0 Å².